The van der Waals surface area contributed by atoms with E-state index in [-0.39, 0.29) is 32.4 Å². The Morgan fingerprint density at radius 3 is 1.67 bits per heavy atom. The van der Waals surface area contributed by atoms with Gasteiger partial charge in [0.05, 0.1) is 45.6 Å². The molecule has 64 heavy (non-hydrogen) atoms. The van der Waals surface area contributed by atoms with Gasteiger partial charge in [-0.25, -0.2) is 14.0 Å². The summed E-state index contributed by atoms with van der Waals surface area (Å²) in [6, 6.07) is 17.7. The molecule has 8 rings (SSSR count). The molecule has 6 amide bonds. The number of hydrogen-bond acceptors (Lipinski definition) is 9. The molecule has 3 saturated heterocycles. The number of hydrogen-bond donors (Lipinski definition) is 6. The average molecular weight is 880 g/mol. The number of primary amides is 2. The molecule has 8 N–H and O–H groups in total. The number of imide groups is 2. The Hall–Kier alpha value is -5.87. The van der Waals surface area contributed by atoms with Crippen LogP contribution >= 0.6 is 0 Å². The summed E-state index contributed by atoms with van der Waals surface area (Å²) < 4.78 is 15.2. The van der Waals surface area contributed by atoms with Crippen molar-refractivity contribution in [3.05, 3.63) is 101 Å². The number of rotatable bonds is 9. The molecule has 0 radical (unpaired) electrons. The van der Waals surface area contributed by atoms with E-state index in [9.17, 15) is 39.0 Å². The van der Waals surface area contributed by atoms with Crippen LogP contribution in [0.15, 0.2) is 72.8 Å². The van der Waals surface area contributed by atoms with E-state index in [1.54, 1.807) is 12.1 Å². The molecule has 0 spiro atoms. The zero-order valence-electron chi connectivity index (χ0n) is 37.5. The number of carbonyl (C=O) groups is 6. The van der Waals surface area contributed by atoms with Crippen LogP contribution in [-0.4, -0.2) is 92.6 Å². The molecule has 3 aliphatic heterocycles. The molecule has 340 valence electrons. The number of likely N-dealkylation sites (tertiary alicyclic amines) is 2. The number of fused-ring (bicyclic) bond motifs is 10. The molecule has 3 aromatic rings. The molecule has 15 nitrogen and oxygen atoms in total. The molecule has 9 atom stereocenters. The van der Waals surface area contributed by atoms with Gasteiger partial charge in [-0.3, -0.25) is 39.6 Å². The van der Waals surface area contributed by atoms with E-state index in [0.29, 0.717) is 27.9 Å². The Morgan fingerprint density at radius 2 is 1.16 bits per heavy atom. The first-order chi connectivity index (χ1) is 29.8. The van der Waals surface area contributed by atoms with Crippen molar-refractivity contribution >= 4 is 41.5 Å². The lowest BCUT2D eigenvalue weighted by molar-refractivity contribution is -0.144. The summed E-state index contributed by atoms with van der Waals surface area (Å²) >= 11 is 0. The minimum absolute atomic E-state index is 0.134. The van der Waals surface area contributed by atoms with E-state index in [1.165, 1.54) is 12.1 Å². The molecule has 0 saturated carbocycles. The molecule has 5 aliphatic rings. The first-order valence-electron chi connectivity index (χ1n) is 21.8. The van der Waals surface area contributed by atoms with Crippen LogP contribution in [0.25, 0.3) is 0 Å². The van der Waals surface area contributed by atoms with Crippen molar-refractivity contribution in [2.75, 3.05) is 18.0 Å². The number of nitrogens with two attached hydrogens (primary N) is 2. The third-order valence-electron chi connectivity index (χ3n) is 15.9. The van der Waals surface area contributed by atoms with Gasteiger partial charge in [-0.05, 0) is 89.5 Å². The van der Waals surface area contributed by atoms with E-state index >= 15 is 4.39 Å². The fraction of sp³-hybridized carbons (Fsp3) is 0.500. The van der Waals surface area contributed by atoms with Crippen LogP contribution in [0.2, 0.25) is 0 Å². The minimum Gasteiger partial charge on any atom is -0.465 e. The lowest BCUT2D eigenvalue weighted by Gasteiger charge is -2.64. The third kappa shape index (κ3) is 5.44. The number of benzene rings is 3. The SMILES string of the molecule is CC1C[C@H]([C@]23c4cccc(c4)C2(C(N)=O)CCN3[C@H](C(=O)NC(=O)O)C(C)(C)C)N(c2ccc(F)cc2)[C@@]1(C)[C@]12c3cccc(c3)C1(C(N)=O)CCN2[C@H](C(=O)NC(=O)O)C(C)(C)C. The number of halogens is 1. The lowest BCUT2D eigenvalue weighted by atomic mass is 9.55. The van der Waals surface area contributed by atoms with Crippen LogP contribution < -0.4 is 27.0 Å². The van der Waals surface area contributed by atoms with Crippen molar-refractivity contribution in [3.8, 4) is 0 Å². The fourth-order valence-corrected chi connectivity index (χ4v) is 14.1. The molecule has 3 unspecified atom stereocenters. The van der Waals surface area contributed by atoms with Crippen LogP contribution in [0.5, 0.6) is 0 Å². The van der Waals surface area contributed by atoms with Crippen molar-refractivity contribution < 1.29 is 43.4 Å². The number of carboxylic acid groups (broad SMARTS) is 2. The van der Waals surface area contributed by atoms with E-state index < -0.39 is 104 Å². The predicted octanol–water partition coefficient (Wildman–Crippen LogP) is 4.89. The molecular formula is C48H58FN7O8. The number of carbonyl (C=O) groups excluding carboxylic acids is 4. The van der Waals surface area contributed by atoms with Gasteiger partial charge < -0.3 is 26.6 Å². The van der Waals surface area contributed by atoms with E-state index in [1.807, 2.05) is 114 Å². The normalized spacial score (nSPS) is 31.5. The molecule has 0 aromatic heterocycles. The highest BCUT2D eigenvalue weighted by molar-refractivity contribution is 5.98. The van der Waals surface area contributed by atoms with Gasteiger partial charge in [0.15, 0.2) is 0 Å². The number of nitrogens with one attached hydrogen (secondary N) is 2. The van der Waals surface area contributed by atoms with E-state index in [4.69, 9.17) is 11.5 Å². The molecule has 2 aliphatic carbocycles. The Morgan fingerprint density at radius 1 is 0.703 bits per heavy atom. The Balaban J connectivity index is 1.51. The summed E-state index contributed by atoms with van der Waals surface area (Å²) in [6.07, 6.45) is -2.51. The Bertz CT molecular complexity index is 2500. The van der Waals surface area contributed by atoms with Gasteiger partial charge in [0, 0.05) is 18.8 Å². The Labute approximate surface area is 371 Å². The lowest BCUT2D eigenvalue weighted by Crippen LogP contribution is -2.78. The number of anilines is 1. The van der Waals surface area contributed by atoms with E-state index in [2.05, 4.69) is 15.5 Å². The molecule has 3 heterocycles. The maximum absolute atomic E-state index is 15.2. The second-order valence-corrected chi connectivity index (χ2v) is 20.8. The summed E-state index contributed by atoms with van der Waals surface area (Å²) in [4.78, 5) is 89.3. The van der Waals surface area contributed by atoms with Gasteiger partial charge in [-0.15, -0.1) is 0 Å². The van der Waals surface area contributed by atoms with Gasteiger partial charge in [0.1, 0.15) is 5.82 Å². The van der Waals surface area contributed by atoms with Crippen molar-refractivity contribution in [1.29, 1.82) is 0 Å². The van der Waals surface area contributed by atoms with Gasteiger partial charge in [-0.2, -0.15) is 0 Å². The summed E-state index contributed by atoms with van der Waals surface area (Å²) in [5.74, 6) is -3.92. The quantitative estimate of drug-likeness (QED) is 0.170. The molecular weight excluding hydrogens is 822 g/mol. The third-order valence-corrected chi connectivity index (χ3v) is 15.9. The zero-order chi connectivity index (χ0) is 46.9. The first-order valence-corrected chi connectivity index (χ1v) is 21.8. The summed E-state index contributed by atoms with van der Waals surface area (Å²) in [5.41, 5.74) is 7.19. The maximum atomic E-state index is 15.2. The largest absolute Gasteiger partial charge is 0.465 e. The van der Waals surface area contributed by atoms with Gasteiger partial charge in [-0.1, -0.05) is 97.0 Å². The van der Waals surface area contributed by atoms with Crippen molar-refractivity contribution in [2.24, 2.45) is 28.2 Å². The van der Waals surface area contributed by atoms with Crippen LogP contribution in [-0.2, 0) is 41.1 Å². The standard InChI is InChI=1S/C48H58FN7O8/c1-26-23-33(47-29-13-9-11-27(24-29)45(47,38(50)59)19-21-54(47)34(42(2,3)4)36(57)52-40(61)62)56(32-17-15-31(49)16-18-32)44(26,8)48-30-14-10-12-28(25-30)46(48,39(51)60)20-22-55(48)35(43(5,6)7)37(58)53-41(63)64/h9-18,24-26,33-35H,19-23H2,1-8H3,(H2,50,59)(H2,51,60)(H,52,57)(H,53,58)(H,61,62)(H,63,64)/t26?,33-,34-,35-,44-,45?,46?,47-,48-/m1/s1. The molecule has 3 fully saturated rings. The zero-order valence-corrected chi connectivity index (χ0v) is 37.5. The highest BCUT2D eigenvalue weighted by Gasteiger charge is 2.82. The van der Waals surface area contributed by atoms with Gasteiger partial charge in [0.25, 0.3) is 0 Å². The summed E-state index contributed by atoms with van der Waals surface area (Å²) in [7, 11) is 0. The van der Waals surface area contributed by atoms with Crippen LogP contribution in [0.3, 0.4) is 0 Å². The van der Waals surface area contributed by atoms with E-state index in [0.717, 1.165) is 0 Å². The summed E-state index contributed by atoms with van der Waals surface area (Å²) in [6.45, 7) is 15.3. The minimum atomic E-state index is -1.56. The molecule has 4 bridgehead atoms. The fourth-order valence-electron chi connectivity index (χ4n) is 14.1. The molecule has 3 aromatic carbocycles. The van der Waals surface area contributed by atoms with Crippen LogP contribution in [0.1, 0.15) is 96.9 Å². The maximum Gasteiger partial charge on any atom is 0.411 e. The van der Waals surface area contributed by atoms with Crippen molar-refractivity contribution in [2.45, 2.75) is 120 Å². The van der Waals surface area contributed by atoms with Crippen LogP contribution in [0, 0.1) is 22.6 Å². The van der Waals surface area contributed by atoms with Gasteiger partial charge in [0.2, 0.25) is 23.6 Å². The highest BCUT2D eigenvalue weighted by Crippen LogP contribution is 2.72. The number of amides is 6. The second kappa shape index (κ2) is 14.3. The summed E-state index contributed by atoms with van der Waals surface area (Å²) in [5, 5.41) is 24.2. The topological polar surface area (TPSA) is 229 Å². The smallest absolute Gasteiger partial charge is 0.411 e. The second-order valence-electron chi connectivity index (χ2n) is 20.8. The average Bonchev–Trinajstić information content (AvgIpc) is 3.90. The predicted molar refractivity (Wildman–Crippen MR) is 234 cm³/mol. The van der Waals surface area contributed by atoms with Gasteiger partial charge >= 0.3 is 12.2 Å². The van der Waals surface area contributed by atoms with Crippen LogP contribution in [0.4, 0.5) is 19.7 Å². The Kier molecular flexibility index (Phi) is 10.0. The van der Waals surface area contributed by atoms with Crippen molar-refractivity contribution in [3.63, 3.8) is 0 Å². The monoisotopic (exact) mass is 879 g/mol. The van der Waals surface area contributed by atoms with Crippen molar-refractivity contribution in [1.82, 2.24) is 20.4 Å². The first kappa shape index (κ1) is 44.7. The highest BCUT2D eigenvalue weighted by atomic mass is 19.1. The number of nitrogens with zero attached hydrogens (tertiary/aromatic N) is 3. The molecule has 16 heteroatoms.